The lowest BCUT2D eigenvalue weighted by molar-refractivity contribution is 0.566. The molecule has 1 aromatic heterocycles. The van der Waals surface area contributed by atoms with Gasteiger partial charge in [0.05, 0.1) is 4.90 Å². The second kappa shape index (κ2) is 6.01. The second-order valence-corrected chi connectivity index (χ2v) is 6.86. The molecule has 0 aliphatic rings. The van der Waals surface area contributed by atoms with Gasteiger partial charge >= 0.3 is 0 Å². The zero-order valence-corrected chi connectivity index (χ0v) is 13.2. The number of halogens is 1. The highest BCUT2D eigenvalue weighted by Crippen LogP contribution is 2.27. The first kappa shape index (κ1) is 15.8. The summed E-state index contributed by atoms with van der Waals surface area (Å²) < 4.78 is 27.6. The van der Waals surface area contributed by atoms with E-state index in [1.54, 1.807) is 38.4 Å². The first-order valence-corrected chi connectivity index (χ1v) is 8.15. The quantitative estimate of drug-likeness (QED) is 0.846. The molecule has 1 aromatic carbocycles. The Kier molecular flexibility index (Phi) is 4.51. The molecule has 0 aliphatic heterocycles. The molecule has 2 rings (SSSR count). The Morgan fingerprint density at radius 1 is 1.29 bits per heavy atom. The van der Waals surface area contributed by atoms with Crippen molar-refractivity contribution in [3.8, 4) is 0 Å². The van der Waals surface area contributed by atoms with Crippen molar-refractivity contribution < 1.29 is 8.42 Å². The maximum atomic E-state index is 12.5. The van der Waals surface area contributed by atoms with Crippen LogP contribution < -0.4 is 10.5 Å². The fourth-order valence-electron chi connectivity index (χ4n) is 1.97. The van der Waals surface area contributed by atoms with Crippen LogP contribution in [0, 0.1) is 6.92 Å². The fourth-order valence-corrected chi connectivity index (χ4v) is 3.79. The number of hydrogen-bond donors (Lipinski definition) is 2. The summed E-state index contributed by atoms with van der Waals surface area (Å²) >= 11 is 5.90. The Morgan fingerprint density at radius 3 is 2.52 bits per heavy atom. The van der Waals surface area contributed by atoms with Gasteiger partial charge in [0, 0.05) is 29.1 Å². The average Bonchev–Trinajstić information content (AvgIpc) is 2.43. The highest BCUT2D eigenvalue weighted by Gasteiger charge is 2.22. The first-order valence-electron chi connectivity index (χ1n) is 6.29. The third-order valence-electron chi connectivity index (χ3n) is 3.19. The third kappa shape index (κ3) is 3.53. The predicted octanol–water partition coefficient (Wildman–Crippen LogP) is 2.67. The number of sulfonamides is 1. The largest absolute Gasteiger partial charge is 0.398 e. The van der Waals surface area contributed by atoms with Gasteiger partial charge in [-0.05, 0) is 49.2 Å². The zero-order valence-electron chi connectivity index (χ0n) is 11.7. The molecule has 1 heterocycles. The van der Waals surface area contributed by atoms with Crippen molar-refractivity contribution in [2.75, 3.05) is 5.73 Å². The summed E-state index contributed by atoms with van der Waals surface area (Å²) in [6.07, 6.45) is 3.23. The van der Waals surface area contributed by atoms with Gasteiger partial charge in [0.1, 0.15) is 0 Å². The molecule has 0 amide bonds. The summed E-state index contributed by atoms with van der Waals surface area (Å²) in [5, 5.41) is 0.287. The summed E-state index contributed by atoms with van der Waals surface area (Å²) in [6, 6.07) is 6.05. The number of nitrogens with one attached hydrogen (secondary N) is 1. The number of pyridine rings is 1. The molecule has 0 bridgehead atoms. The van der Waals surface area contributed by atoms with Crippen LogP contribution in [0.25, 0.3) is 0 Å². The van der Waals surface area contributed by atoms with Crippen LogP contribution in [0.3, 0.4) is 0 Å². The van der Waals surface area contributed by atoms with E-state index in [9.17, 15) is 8.42 Å². The van der Waals surface area contributed by atoms with Gasteiger partial charge in [-0.3, -0.25) is 4.98 Å². The number of nitrogens with zero attached hydrogens (tertiary/aromatic N) is 1. The van der Waals surface area contributed by atoms with E-state index < -0.39 is 16.1 Å². The lowest BCUT2D eigenvalue weighted by Gasteiger charge is -2.16. The third-order valence-corrected chi connectivity index (χ3v) is 5.08. The van der Waals surface area contributed by atoms with Crippen LogP contribution in [0.2, 0.25) is 5.02 Å². The molecule has 3 N–H and O–H groups in total. The van der Waals surface area contributed by atoms with Gasteiger partial charge in [0.25, 0.3) is 0 Å². The van der Waals surface area contributed by atoms with Crippen molar-refractivity contribution in [1.82, 2.24) is 9.71 Å². The zero-order chi connectivity index (χ0) is 15.6. The molecule has 5 nitrogen and oxygen atoms in total. The first-order chi connectivity index (χ1) is 9.81. The Labute approximate surface area is 129 Å². The van der Waals surface area contributed by atoms with Gasteiger partial charge in [0.2, 0.25) is 10.0 Å². The molecule has 7 heteroatoms. The number of rotatable bonds is 4. The van der Waals surface area contributed by atoms with E-state index in [-0.39, 0.29) is 9.92 Å². The number of aromatic nitrogens is 1. The molecule has 1 atom stereocenters. The molecule has 0 radical (unpaired) electrons. The molecule has 112 valence electrons. The SMILES string of the molecule is Cc1c(N)cc(Cl)cc1S(=O)(=O)NC(C)c1ccncc1. The Balaban J connectivity index is 2.35. The van der Waals surface area contributed by atoms with Crippen LogP contribution in [0.15, 0.2) is 41.6 Å². The van der Waals surface area contributed by atoms with E-state index >= 15 is 0 Å². The van der Waals surface area contributed by atoms with E-state index in [0.29, 0.717) is 11.3 Å². The molecule has 21 heavy (non-hydrogen) atoms. The summed E-state index contributed by atoms with van der Waals surface area (Å²) in [6.45, 7) is 3.41. The highest BCUT2D eigenvalue weighted by molar-refractivity contribution is 7.89. The smallest absolute Gasteiger partial charge is 0.241 e. The van der Waals surface area contributed by atoms with Crippen LogP contribution in [0.1, 0.15) is 24.1 Å². The van der Waals surface area contributed by atoms with Gasteiger partial charge < -0.3 is 5.73 Å². The molecular weight excluding hydrogens is 310 g/mol. The molecule has 0 saturated heterocycles. The molecule has 0 spiro atoms. The number of nitrogen functional groups attached to an aromatic ring is 1. The number of benzene rings is 1. The van der Waals surface area contributed by atoms with Gasteiger partial charge in [-0.15, -0.1) is 0 Å². The predicted molar refractivity (Wildman–Crippen MR) is 83.6 cm³/mol. The van der Waals surface area contributed by atoms with Gasteiger partial charge in [-0.1, -0.05) is 11.6 Å². The number of nitrogens with two attached hydrogens (primary N) is 1. The van der Waals surface area contributed by atoms with Crippen LogP contribution in [0.5, 0.6) is 0 Å². The average molecular weight is 326 g/mol. The topological polar surface area (TPSA) is 85.1 Å². The maximum Gasteiger partial charge on any atom is 0.241 e. The summed E-state index contributed by atoms with van der Waals surface area (Å²) in [7, 11) is -3.72. The molecular formula is C14H16ClN3O2S. The number of anilines is 1. The van der Waals surface area contributed by atoms with Crippen molar-refractivity contribution in [1.29, 1.82) is 0 Å². The second-order valence-electron chi connectivity index (χ2n) is 4.74. The van der Waals surface area contributed by atoms with Crippen LogP contribution in [0.4, 0.5) is 5.69 Å². The lowest BCUT2D eigenvalue weighted by Crippen LogP contribution is -2.27. The maximum absolute atomic E-state index is 12.5. The lowest BCUT2D eigenvalue weighted by atomic mass is 10.1. The minimum atomic E-state index is -3.72. The van der Waals surface area contributed by atoms with Gasteiger partial charge in [0.15, 0.2) is 0 Å². The highest BCUT2D eigenvalue weighted by atomic mass is 35.5. The molecule has 0 saturated carbocycles. The fraction of sp³-hybridized carbons (Fsp3) is 0.214. The standard InChI is InChI=1S/C14H16ClN3O2S/c1-9-13(16)7-12(15)8-14(9)21(19,20)18-10(2)11-3-5-17-6-4-11/h3-8,10,18H,16H2,1-2H3. The van der Waals surface area contributed by atoms with Crippen molar-refractivity contribution >= 4 is 27.3 Å². The Hall–Kier alpha value is -1.63. The van der Waals surface area contributed by atoms with Crippen molar-refractivity contribution in [3.05, 3.63) is 52.8 Å². The van der Waals surface area contributed by atoms with Crippen LogP contribution in [-0.2, 0) is 10.0 Å². The van der Waals surface area contributed by atoms with Crippen LogP contribution in [-0.4, -0.2) is 13.4 Å². The summed E-state index contributed by atoms with van der Waals surface area (Å²) in [5.74, 6) is 0. The molecule has 0 aliphatic carbocycles. The van der Waals surface area contributed by atoms with Gasteiger partial charge in [-0.2, -0.15) is 0 Å². The number of hydrogen-bond acceptors (Lipinski definition) is 4. The Morgan fingerprint density at radius 2 is 1.90 bits per heavy atom. The normalized spacial score (nSPS) is 13.1. The summed E-state index contributed by atoms with van der Waals surface area (Å²) in [5.41, 5.74) is 7.42. The van der Waals surface area contributed by atoms with E-state index in [4.69, 9.17) is 17.3 Å². The molecule has 0 fully saturated rings. The van der Waals surface area contributed by atoms with Crippen molar-refractivity contribution in [3.63, 3.8) is 0 Å². The van der Waals surface area contributed by atoms with Crippen molar-refractivity contribution in [2.45, 2.75) is 24.8 Å². The van der Waals surface area contributed by atoms with E-state index in [1.807, 2.05) is 0 Å². The molecule has 2 aromatic rings. The van der Waals surface area contributed by atoms with Crippen LogP contribution >= 0.6 is 11.6 Å². The minimum absolute atomic E-state index is 0.0911. The van der Waals surface area contributed by atoms with Gasteiger partial charge in [-0.25, -0.2) is 13.1 Å². The van der Waals surface area contributed by atoms with E-state index in [0.717, 1.165) is 5.56 Å². The minimum Gasteiger partial charge on any atom is -0.398 e. The monoisotopic (exact) mass is 325 g/mol. The van der Waals surface area contributed by atoms with E-state index in [2.05, 4.69) is 9.71 Å². The molecule has 1 unspecified atom stereocenters. The Bertz CT molecular complexity index is 748. The summed E-state index contributed by atoms with van der Waals surface area (Å²) in [4.78, 5) is 4.00. The van der Waals surface area contributed by atoms with Crippen molar-refractivity contribution in [2.24, 2.45) is 0 Å². The van der Waals surface area contributed by atoms with E-state index in [1.165, 1.54) is 12.1 Å².